The number of benzene rings is 1. The van der Waals surface area contributed by atoms with E-state index >= 15 is 0 Å². The Morgan fingerprint density at radius 2 is 2.00 bits per heavy atom. The van der Waals surface area contributed by atoms with Crippen LogP contribution in [0.4, 0.5) is 5.69 Å². The van der Waals surface area contributed by atoms with E-state index in [1.54, 1.807) is 10.7 Å². The fraction of sp³-hybridized carbons (Fsp3) is 0.412. The molecule has 1 aromatic carbocycles. The summed E-state index contributed by atoms with van der Waals surface area (Å²) in [6.07, 6.45) is 0.737. The highest BCUT2D eigenvalue weighted by molar-refractivity contribution is 5.91. The number of rotatable bonds is 4. The third-order valence-electron chi connectivity index (χ3n) is 3.92. The number of nitrogens with zero attached hydrogens (tertiary/aromatic N) is 2. The summed E-state index contributed by atoms with van der Waals surface area (Å²) in [5, 5.41) is 7.16. The van der Waals surface area contributed by atoms with Crippen LogP contribution in [0.25, 0.3) is 0 Å². The SMILES string of the molecule is CC[C@]1(C)Oc2ccc(NC(=O)Cn3nc(C)cc3C)cc2O1. The highest BCUT2D eigenvalue weighted by Gasteiger charge is 2.34. The molecule has 1 aliphatic heterocycles. The van der Waals surface area contributed by atoms with Gasteiger partial charge in [-0.25, -0.2) is 0 Å². The molecule has 3 rings (SSSR count). The van der Waals surface area contributed by atoms with Crippen LogP contribution in [0, 0.1) is 13.8 Å². The molecule has 122 valence electrons. The standard InChI is InChI=1S/C17H21N3O3/c1-5-17(4)22-14-7-6-13(9-15(14)23-17)18-16(21)10-20-12(3)8-11(2)19-20/h6-9H,5,10H2,1-4H3,(H,18,21)/t17-/m1/s1. The van der Waals surface area contributed by atoms with Gasteiger partial charge in [0.1, 0.15) is 6.54 Å². The third kappa shape index (κ3) is 3.16. The highest BCUT2D eigenvalue weighted by Crippen LogP contribution is 2.41. The Morgan fingerprint density at radius 1 is 1.26 bits per heavy atom. The number of nitrogens with one attached hydrogen (secondary N) is 1. The van der Waals surface area contributed by atoms with Crippen molar-refractivity contribution in [2.24, 2.45) is 0 Å². The smallest absolute Gasteiger partial charge is 0.248 e. The molecule has 0 unspecified atom stereocenters. The average molecular weight is 315 g/mol. The Kier molecular flexibility index (Phi) is 3.75. The minimum Gasteiger partial charge on any atom is -0.449 e. The van der Waals surface area contributed by atoms with Crippen LogP contribution in [-0.2, 0) is 11.3 Å². The Labute approximate surface area is 135 Å². The van der Waals surface area contributed by atoms with Gasteiger partial charge in [-0.2, -0.15) is 5.10 Å². The number of amides is 1. The van der Waals surface area contributed by atoms with E-state index in [1.165, 1.54) is 0 Å². The largest absolute Gasteiger partial charge is 0.449 e. The van der Waals surface area contributed by atoms with Crippen molar-refractivity contribution in [2.45, 2.75) is 46.4 Å². The molecule has 2 aromatic rings. The van der Waals surface area contributed by atoms with Crippen LogP contribution < -0.4 is 14.8 Å². The molecule has 1 atom stereocenters. The zero-order valence-corrected chi connectivity index (χ0v) is 13.8. The van der Waals surface area contributed by atoms with E-state index < -0.39 is 5.79 Å². The van der Waals surface area contributed by atoms with E-state index in [-0.39, 0.29) is 12.5 Å². The zero-order valence-electron chi connectivity index (χ0n) is 13.8. The maximum Gasteiger partial charge on any atom is 0.248 e. The molecule has 6 heteroatoms. The molecule has 1 N–H and O–H groups in total. The minimum atomic E-state index is -0.630. The number of fused-ring (bicyclic) bond motifs is 1. The van der Waals surface area contributed by atoms with Crippen molar-refractivity contribution in [3.8, 4) is 11.5 Å². The predicted octanol–water partition coefficient (Wildman–Crippen LogP) is 3.04. The van der Waals surface area contributed by atoms with Gasteiger partial charge in [-0.15, -0.1) is 0 Å². The molecule has 0 spiro atoms. The van der Waals surface area contributed by atoms with Gasteiger partial charge >= 0.3 is 0 Å². The van der Waals surface area contributed by atoms with Crippen molar-refractivity contribution in [1.29, 1.82) is 0 Å². The lowest BCUT2D eigenvalue weighted by molar-refractivity contribution is -0.116. The number of aromatic nitrogens is 2. The van der Waals surface area contributed by atoms with Crippen molar-refractivity contribution >= 4 is 11.6 Å². The Bertz CT molecular complexity index is 754. The fourth-order valence-corrected chi connectivity index (χ4v) is 2.55. The van der Waals surface area contributed by atoms with Crippen LogP contribution >= 0.6 is 0 Å². The topological polar surface area (TPSA) is 65.4 Å². The molecule has 0 fully saturated rings. The second-order valence-electron chi connectivity index (χ2n) is 5.99. The Balaban J connectivity index is 1.69. The van der Waals surface area contributed by atoms with Gasteiger partial charge < -0.3 is 14.8 Å². The molecule has 1 aromatic heterocycles. The maximum atomic E-state index is 12.2. The van der Waals surface area contributed by atoms with E-state index in [0.29, 0.717) is 17.2 Å². The van der Waals surface area contributed by atoms with Gasteiger partial charge in [0, 0.05) is 30.8 Å². The van der Waals surface area contributed by atoms with E-state index in [4.69, 9.17) is 9.47 Å². The van der Waals surface area contributed by atoms with Crippen LogP contribution in [0.2, 0.25) is 0 Å². The first-order chi connectivity index (χ1) is 10.9. The lowest BCUT2D eigenvalue weighted by Crippen LogP contribution is -2.33. The normalized spacial score (nSPS) is 19.0. The molecule has 0 saturated heterocycles. The second-order valence-corrected chi connectivity index (χ2v) is 5.99. The summed E-state index contributed by atoms with van der Waals surface area (Å²) < 4.78 is 13.3. The molecule has 0 aliphatic carbocycles. The zero-order chi connectivity index (χ0) is 16.6. The van der Waals surface area contributed by atoms with E-state index in [1.807, 2.05) is 45.9 Å². The highest BCUT2D eigenvalue weighted by atomic mass is 16.7. The molecule has 1 amide bonds. The Morgan fingerprint density at radius 3 is 2.65 bits per heavy atom. The lowest BCUT2D eigenvalue weighted by Gasteiger charge is -2.20. The number of ether oxygens (including phenoxy) is 2. The summed E-state index contributed by atoms with van der Waals surface area (Å²) in [4.78, 5) is 12.2. The van der Waals surface area contributed by atoms with Crippen molar-refractivity contribution in [3.05, 3.63) is 35.7 Å². The number of hydrogen-bond acceptors (Lipinski definition) is 4. The van der Waals surface area contributed by atoms with Crippen molar-refractivity contribution < 1.29 is 14.3 Å². The molecule has 6 nitrogen and oxygen atoms in total. The van der Waals surface area contributed by atoms with Crippen LogP contribution in [0.5, 0.6) is 11.5 Å². The van der Waals surface area contributed by atoms with Gasteiger partial charge in [0.2, 0.25) is 11.7 Å². The van der Waals surface area contributed by atoms with Gasteiger partial charge in [0.05, 0.1) is 5.69 Å². The van der Waals surface area contributed by atoms with Gasteiger partial charge in [-0.1, -0.05) is 6.92 Å². The average Bonchev–Trinajstić information content (AvgIpc) is 2.98. The number of aryl methyl sites for hydroxylation is 2. The second kappa shape index (κ2) is 5.61. The summed E-state index contributed by atoms with van der Waals surface area (Å²) >= 11 is 0. The van der Waals surface area contributed by atoms with Crippen molar-refractivity contribution in [3.63, 3.8) is 0 Å². The van der Waals surface area contributed by atoms with Crippen molar-refractivity contribution in [2.75, 3.05) is 5.32 Å². The van der Waals surface area contributed by atoms with E-state index in [2.05, 4.69) is 10.4 Å². The molecular weight excluding hydrogens is 294 g/mol. The van der Waals surface area contributed by atoms with E-state index in [9.17, 15) is 4.79 Å². The van der Waals surface area contributed by atoms with Crippen LogP contribution in [0.15, 0.2) is 24.3 Å². The van der Waals surface area contributed by atoms with Gasteiger partial charge in [0.15, 0.2) is 11.5 Å². The minimum absolute atomic E-state index is 0.131. The molecule has 2 heterocycles. The predicted molar refractivity (Wildman–Crippen MR) is 86.7 cm³/mol. The first-order valence-corrected chi connectivity index (χ1v) is 7.71. The quantitative estimate of drug-likeness (QED) is 0.942. The number of carbonyl (C=O) groups excluding carboxylic acids is 1. The van der Waals surface area contributed by atoms with Crippen LogP contribution in [-0.4, -0.2) is 21.5 Å². The van der Waals surface area contributed by atoms with Gasteiger partial charge in [-0.3, -0.25) is 9.48 Å². The molecule has 0 radical (unpaired) electrons. The molecular formula is C17H21N3O3. The first kappa shape index (κ1) is 15.4. The first-order valence-electron chi connectivity index (χ1n) is 7.71. The van der Waals surface area contributed by atoms with E-state index in [0.717, 1.165) is 17.8 Å². The molecule has 0 bridgehead atoms. The maximum absolute atomic E-state index is 12.2. The lowest BCUT2D eigenvalue weighted by atomic mass is 10.2. The van der Waals surface area contributed by atoms with Gasteiger partial charge in [-0.05, 0) is 32.0 Å². The van der Waals surface area contributed by atoms with Crippen molar-refractivity contribution in [1.82, 2.24) is 9.78 Å². The number of hydrogen-bond donors (Lipinski definition) is 1. The summed E-state index contributed by atoms with van der Waals surface area (Å²) in [7, 11) is 0. The summed E-state index contributed by atoms with van der Waals surface area (Å²) in [5.74, 6) is 0.590. The fourth-order valence-electron chi connectivity index (χ4n) is 2.55. The summed E-state index contributed by atoms with van der Waals surface area (Å²) in [5.41, 5.74) is 2.54. The number of carbonyl (C=O) groups is 1. The monoisotopic (exact) mass is 315 g/mol. The Hall–Kier alpha value is -2.50. The molecule has 0 saturated carbocycles. The molecule has 23 heavy (non-hydrogen) atoms. The summed E-state index contributed by atoms with van der Waals surface area (Å²) in [6, 6.07) is 7.35. The van der Waals surface area contributed by atoms with Crippen LogP contribution in [0.1, 0.15) is 31.7 Å². The van der Waals surface area contributed by atoms with Gasteiger partial charge in [0.25, 0.3) is 0 Å². The molecule has 1 aliphatic rings. The number of anilines is 1. The summed E-state index contributed by atoms with van der Waals surface area (Å²) in [6.45, 7) is 7.92. The third-order valence-corrected chi connectivity index (χ3v) is 3.92. The van der Waals surface area contributed by atoms with Crippen LogP contribution in [0.3, 0.4) is 0 Å².